The van der Waals surface area contributed by atoms with Crippen molar-refractivity contribution in [3.63, 3.8) is 0 Å². The number of hydrogen-bond donors (Lipinski definition) is 0. The lowest BCUT2D eigenvalue weighted by Gasteiger charge is -2.13. The maximum Gasteiger partial charge on any atom is 0.293 e. The molecule has 0 aliphatic carbocycles. The van der Waals surface area contributed by atoms with E-state index >= 15 is 0 Å². The third kappa shape index (κ3) is 5.31. The lowest BCUT2D eigenvalue weighted by Crippen LogP contribution is -2.28. The molecule has 0 aromatic heterocycles. The Bertz CT molecular complexity index is 993. The summed E-state index contributed by atoms with van der Waals surface area (Å²) in [5, 5.41) is 0.720. The van der Waals surface area contributed by atoms with Crippen LogP contribution in [0.15, 0.2) is 41.3 Å². The topological polar surface area (TPSA) is 55.8 Å². The third-order valence-electron chi connectivity index (χ3n) is 4.26. The Morgan fingerprint density at radius 1 is 1.00 bits per heavy atom. The highest BCUT2D eigenvalue weighted by atomic mass is 35.5. The van der Waals surface area contributed by atoms with E-state index in [1.165, 1.54) is 4.90 Å². The van der Waals surface area contributed by atoms with Crippen molar-refractivity contribution in [2.24, 2.45) is 0 Å². The fourth-order valence-corrected chi connectivity index (χ4v) is 4.05. The molecule has 0 atom stereocenters. The first-order valence-corrected chi connectivity index (χ1v) is 11.1. The van der Waals surface area contributed by atoms with Crippen LogP contribution in [0, 0.1) is 0 Å². The predicted molar refractivity (Wildman–Crippen MR) is 121 cm³/mol. The molecule has 5 nitrogen and oxygen atoms in total. The minimum atomic E-state index is -0.259. The fourth-order valence-electron chi connectivity index (χ4n) is 2.86. The van der Waals surface area contributed by atoms with E-state index in [1.807, 2.05) is 26.0 Å². The Kier molecular flexibility index (Phi) is 7.69. The van der Waals surface area contributed by atoms with Crippen molar-refractivity contribution in [1.82, 2.24) is 4.90 Å². The Balaban J connectivity index is 1.78. The van der Waals surface area contributed by atoms with E-state index in [-0.39, 0.29) is 11.1 Å². The molecule has 3 rings (SSSR count). The van der Waals surface area contributed by atoms with Crippen LogP contribution >= 0.6 is 35.0 Å². The maximum atomic E-state index is 12.4. The van der Waals surface area contributed by atoms with Crippen molar-refractivity contribution >= 4 is 52.2 Å². The molecule has 0 spiro atoms. The van der Waals surface area contributed by atoms with Gasteiger partial charge in [0.05, 0.1) is 21.6 Å². The van der Waals surface area contributed by atoms with Crippen molar-refractivity contribution < 1.29 is 19.1 Å². The molecule has 1 fully saturated rings. The highest BCUT2D eigenvalue weighted by Gasteiger charge is 2.34. The molecule has 1 aliphatic heterocycles. The molecule has 0 radical (unpaired) electrons. The van der Waals surface area contributed by atoms with Gasteiger partial charge in [-0.25, -0.2) is 0 Å². The number of imide groups is 1. The Morgan fingerprint density at radius 3 is 2.50 bits per heavy atom. The fraction of sp³-hybridized carbons (Fsp3) is 0.273. The van der Waals surface area contributed by atoms with E-state index in [2.05, 4.69) is 0 Å². The first kappa shape index (κ1) is 22.5. The van der Waals surface area contributed by atoms with Crippen LogP contribution in [0.25, 0.3) is 6.08 Å². The van der Waals surface area contributed by atoms with Gasteiger partial charge in [-0.15, -0.1) is 0 Å². The summed E-state index contributed by atoms with van der Waals surface area (Å²) in [6.07, 6.45) is 2.43. The van der Waals surface area contributed by atoms with Crippen molar-refractivity contribution in [2.75, 3.05) is 13.2 Å². The third-order valence-corrected chi connectivity index (χ3v) is 5.91. The van der Waals surface area contributed by atoms with Crippen LogP contribution in [0.1, 0.15) is 31.4 Å². The first-order chi connectivity index (χ1) is 14.4. The average molecular weight is 466 g/mol. The predicted octanol–water partition coefficient (Wildman–Crippen LogP) is 6.42. The van der Waals surface area contributed by atoms with Crippen molar-refractivity contribution in [3.8, 4) is 11.5 Å². The number of nitrogens with zero attached hydrogens (tertiary/aromatic N) is 1. The van der Waals surface area contributed by atoms with Gasteiger partial charge in [-0.3, -0.25) is 14.5 Å². The number of hydrogen-bond acceptors (Lipinski definition) is 5. The van der Waals surface area contributed by atoms with Gasteiger partial charge in [-0.1, -0.05) is 42.3 Å². The Labute approximate surface area is 189 Å². The molecule has 0 N–H and O–H groups in total. The Hall–Kier alpha value is -2.15. The summed E-state index contributed by atoms with van der Waals surface area (Å²) in [4.78, 5) is 26.1. The van der Waals surface area contributed by atoms with Crippen molar-refractivity contribution in [2.45, 2.75) is 26.9 Å². The van der Waals surface area contributed by atoms with Gasteiger partial charge in [0.1, 0.15) is 6.61 Å². The molecule has 1 aliphatic rings. The molecule has 0 unspecified atom stereocenters. The molecule has 2 aromatic carbocycles. The minimum absolute atomic E-state index is 0.236. The first-order valence-electron chi connectivity index (χ1n) is 9.51. The molecule has 0 saturated carbocycles. The number of rotatable bonds is 8. The second-order valence-corrected chi connectivity index (χ2v) is 8.32. The number of halogens is 2. The number of carbonyl (C=O) groups excluding carboxylic acids is 2. The van der Waals surface area contributed by atoms with Crippen LogP contribution in [-0.2, 0) is 11.4 Å². The highest BCUT2D eigenvalue weighted by molar-refractivity contribution is 8.18. The van der Waals surface area contributed by atoms with Crippen LogP contribution in [0.4, 0.5) is 4.79 Å². The summed E-state index contributed by atoms with van der Waals surface area (Å²) in [5.41, 5.74) is 1.63. The van der Waals surface area contributed by atoms with Crippen LogP contribution in [0.2, 0.25) is 10.0 Å². The van der Waals surface area contributed by atoms with E-state index in [1.54, 1.807) is 30.3 Å². The summed E-state index contributed by atoms with van der Waals surface area (Å²) in [5.74, 6) is 0.864. The average Bonchev–Trinajstić information content (AvgIpc) is 2.98. The smallest absolute Gasteiger partial charge is 0.293 e. The normalized spacial score (nSPS) is 15.2. The van der Waals surface area contributed by atoms with Gasteiger partial charge in [-0.05, 0) is 66.6 Å². The molecule has 8 heteroatoms. The molecular weight excluding hydrogens is 445 g/mol. The lowest BCUT2D eigenvalue weighted by molar-refractivity contribution is -0.122. The zero-order chi connectivity index (χ0) is 21.7. The number of ether oxygens (including phenoxy) is 2. The second kappa shape index (κ2) is 10.2. The second-order valence-electron chi connectivity index (χ2n) is 6.51. The van der Waals surface area contributed by atoms with Crippen LogP contribution < -0.4 is 9.47 Å². The molecular formula is C22H21Cl2NO4S. The number of benzene rings is 2. The van der Waals surface area contributed by atoms with E-state index in [0.29, 0.717) is 46.2 Å². The summed E-state index contributed by atoms with van der Waals surface area (Å²) >= 11 is 13.0. The van der Waals surface area contributed by atoms with Gasteiger partial charge in [0.15, 0.2) is 11.5 Å². The lowest BCUT2D eigenvalue weighted by atomic mass is 10.1. The molecule has 2 aromatic rings. The van der Waals surface area contributed by atoms with Crippen molar-refractivity contribution in [1.29, 1.82) is 0 Å². The molecule has 1 saturated heterocycles. The maximum absolute atomic E-state index is 12.4. The summed E-state index contributed by atoms with van der Waals surface area (Å²) in [6, 6.07) is 10.7. The minimum Gasteiger partial charge on any atom is -0.490 e. The van der Waals surface area contributed by atoms with E-state index in [9.17, 15) is 9.59 Å². The number of thioether (sulfide) groups is 1. The largest absolute Gasteiger partial charge is 0.490 e. The molecule has 0 bridgehead atoms. The summed E-state index contributed by atoms with van der Waals surface area (Å²) < 4.78 is 11.6. The van der Waals surface area contributed by atoms with Crippen LogP contribution in [0.5, 0.6) is 11.5 Å². The number of carbonyl (C=O) groups is 2. The Morgan fingerprint density at radius 2 is 1.80 bits per heavy atom. The van der Waals surface area contributed by atoms with Gasteiger partial charge >= 0.3 is 0 Å². The van der Waals surface area contributed by atoms with E-state index < -0.39 is 0 Å². The van der Waals surface area contributed by atoms with Crippen LogP contribution in [-0.4, -0.2) is 29.2 Å². The molecule has 2 amide bonds. The van der Waals surface area contributed by atoms with Crippen molar-refractivity contribution in [3.05, 3.63) is 62.5 Å². The monoisotopic (exact) mass is 465 g/mol. The van der Waals surface area contributed by atoms with Crippen LogP contribution in [0.3, 0.4) is 0 Å². The standard InChI is InChI=1S/C22H21Cl2NO4S/c1-3-9-25-21(26)20(30-22(25)27)12-14-6-8-18(19(11-14)28-4-2)29-13-15-5-7-16(23)17(24)10-15/h5-8,10-12H,3-4,9,13H2,1-2H3/b20-12+. The van der Waals surface area contributed by atoms with Gasteiger partial charge in [-0.2, -0.15) is 0 Å². The zero-order valence-electron chi connectivity index (χ0n) is 16.6. The van der Waals surface area contributed by atoms with Gasteiger partial charge in [0.2, 0.25) is 0 Å². The molecule has 1 heterocycles. The summed E-state index contributed by atoms with van der Waals surface area (Å²) in [6.45, 7) is 4.99. The van der Waals surface area contributed by atoms with Gasteiger partial charge < -0.3 is 9.47 Å². The quantitative estimate of drug-likeness (QED) is 0.421. The highest BCUT2D eigenvalue weighted by Crippen LogP contribution is 2.35. The van der Waals surface area contributed by atoms with E-state index in [0.717, 1.165) is 29.3 Å². The summed E-state index contributed by atoms with van der Waals surface area (Å²) in [7, 11) is 0. The molecule has 158 valence electrons. The van der Waals surface area contributed by atoms with Gasteiger partial charge in [0.25, 0.3) is 11.1 Å². The van der Waals surface area contributed by atoms with E-state index in [4.69, 9.17) is 32.7 Å². The number of amides is 2. The van der Waals surface area contributed by atoms with Gasteiger partial charge in [0, 0.05) is 6.54 Å². The molecule has 30 heavy (non-hydrogen) atoms. The zero-order valence-corrected chi connectivity index (χ0v) is 18.9. The SMILES string of the molecule is CCCN1C(=O)S/C(=C/c2ccc(OCc3ccc(Cl)c(Cl)c3)c(OCC)c2)C1=O.